The maximum absolute atomic E-state index is 2.70. The van der Waals surface area contributed by atoms with Gasteiger partial charge in [-0.3, -0.25) is 0 Å². The molecule has 1 unspecified atom stereocenters. The van der Waals surface area contributed by atoms with Gasteiger partial charge in [-0.15, -0.1) is 0 Å². The van der Waals surface area contributed by atoms with Gasteiger partial charge in [0.15, 0.2) is 0 Å². The molecule has 0 spiro atoms. The average Bonchev–Trinajstić information content (AvgIpc) is 3.33. The third-order valence-corrected chi connectivity index (χ3v) is 9.07. The van der Waals surface area contributed by atoms with E-state index in [1.807, 2.05) is 0 Å². The van der Waals surface area contributed by atoms with Crippen LogP contribution >= 0.6 is 0 Å². The summed E-state index contributed by atoms with van der Waals surface area (Å²) in [6, 6.07) is 0. The van der Waals surface area contributed by atoms with Crippen LogP contribution in [-0.2, 0) is 0 Å². The van der Waals surface area contributed by atoms with Crippen molar-refractivity contribution < 1.29 is 0 Å². The van der Waals surface area contributed by atoms with Gasteiger partial charge in [0.2, 0.25) is 0 Å². The van der Waals surface area contributed by atoms with Crippen LogP contribution in [0, 0.1) is 0 Å². The van der Waals surface area contributed by atoms with Crippen LogP contribution in [0.5, 0.6) is 0 Å². The molecule has 1 heterocycles. The zero-order chi connectivity index (χ0) is 28.1. The molecule has 0 aromatic heterocycles. The van der Waals surface area contributed by atoms with Gasteiger partial charge in [-0.1, -0.05) is 181 Å². The van der Waals surface area contributed by atoms with E-state index in [2.05, 4.69) is 43.0 Å². The lowest BCUT2D eigenvalue weighted by molar-refractivity contribution is 0.135. The van der Waals surface area contributed by atoms with E-state index in [1.165, 1.54) is 199 Å². The Labute approximate surface area is 248 Å². The van der Waals surface area contributed by atoms with Gasteiger partial charge in [0.05, 0.1) is 0 Å². The smallest absolute Gasteiger partial charge is 0.101 e. The summed E-state index contributed by atoms with van der Waals surface area (Å²) in [5.74, 6) is 0. The van der Waals surface area contributed by atoms with E-state index in [0.717, 1.165) is 0 Å². The van der Waals surface area contributed by atoms with Gasteiger partial charge >= 0.3 is 0 Å². The second kappa shape index (κ2) is 28.9. The van der Waals surface area contributed by atoms with E-state index in [-0.39, 0.29) is 0 Å². The third-order valence-electron chi connectivity index (χ3n) is 9.07. The van der Waals surface area contributed by atoms with Gasteiger partial charge in [0.25, 0.3) is 0 Å². The highest BCUT2D eigenvalue weighted by molar-refractivity contribution is 4.97. The van der Waals surface area contributed by atoms with Crippen LogP contribution in [0.3, 0.4) is 0 Å². The zero-order valence-corrected chi connectivity index (χ0v) is 27.5. The summed E-state index contributed by atoms with van der Waals surface area (Å²) in [5.41, 5.74) is 0. The van der Waals surface area contributed by atoms with Crippen LogP contribution in [0.2, 0.25) is 0 Å². The topological polar surface area (TPSA) is 6.48 Å². The van der Waals surface area contributed by atoms with Gasteiger partial charge in [0, 0.05) is 25.5 Å². The van der Waals surface area contributed by atoms with Crippen LogP contribution in [0.1, 0.15) is 207 Å². The van der Waals surface area contributed by atoms with E-state index in [0.29, 0.717) is 6.17 Å². The zero-order valence-electron chi connectivity index (χ0n) is 27.5. The molecule has 2 nitrogen and oxygen atoms in total. The molecule has 1 atom stereocenters. The van der Waals surface area contributed by atoms with Crippen LogP contribution in [0.15, 0.2) is 12.4 Å². The Morgan fingerprint density at radius 2 is 0.590 bits per heavy atom. The fraction of sp³-hybridized carbons (Fsp3) is 0.946. The summed E-state index contributed by atoms with van der Waals surface area (Å²) in [6.07, 6.45) is 47.0. The minimum atomic E-state index is 0.642. The molecular formula is C37H74N2. The molecule has 0 amide bonds. The second-order valence-corrected chi connectivity index (χ2v) is 12.9. The summed E-state index contributed by atoms with van der Waals surface area (Å²) in [4.78, 5) is 5.40. The molecule has 232 valence electrons. The number of nitrogens with zero attached hydrogens (tertiary/aromatic N) is 2. The van der Waals surface area contributed by atoms with Crippen molar-refractivity contribution in [2.24, 2.45) is 0 Å². The Hall–Kier alpha value is -0.660. The maximum Gasteiger partial charge on any atom is 0.101 e. The van der Waals surface area contributed by atoms with Crippen molar-refractivity contribution >= 4 is 0 Å². The first-order chi connectivity index (χ1) is 19.3. The Bertz CT molecular complexity index is 502. The van der Waals surface area contributed by atoms with Gasteiger partial charge in [-0.05, 0) is 25.7 Å². The molecule has 0 aliphatic carbocycles. The Balaban J connectivity index is 2.12. The predicted octanol–water partition coefficient (Wildman–Crippen LogP) is 12.8. The van der Waals surface area contributed by atoms with Crippen LogP contribution in [-0.4, -0.2) is 29.1 Å². The summed E-state index contributed by atoms with van der Waals surface area (Å²) in [6.45, 7) is 9.48. The highest BCUT2D eigenvalue weighted by Gasteiger charge is 2.24. The van der Waals surface area contributed by atoms with E-state index < -0.39 is 0 Å². The van der Waals surface area contributed by atoms with E-state index in [9.17, 15) is 0 Å². The third kappa shape index (κ3) is 21.7. The normalized spacial score (nSPS) is 15.2. The van der Waals surface area contributed by atoms with Crippen molar-refractivity contribution in [1.29, 1.82) is 0 Å². The van der Waals surface area contributed by atoms with Crippen molar-refractivity contribution in [3.8, 4) is 0 Å². The number of hydrogen-bond donors (Lipinski definition) is 0. The van der Waals surface area contributed by atoms with E-state index in [4.69, 9.17) is 0 Å². The number of hydrogen-bond acceptors (Lipinski definition) is 2. The fourth-order valence-corrected chi connectivity index (χ4v) is 6.36. The van der Waals surface area contributed by atoms with Crippen molar-refractivity contribution in [3.63, 3.8) is 0 Å². The molecule has 0 saturated heterocycles. The minimum absolute atomic E-state index is 0.642. The lowest BCUT2D eigenvalue weighted by atomic mass is 10.0. The van der Waals surface area contributed by atoms with Crippen molar-refractivity contribution in [3.05, 3.63) is 12.4 Å². The SMILES string of the molecule is CCCCCCCCCCCCCCCCCN1C=CN(CCCCCCCCCC)C1CCCCCCC. The highest BCUT2D eigenvalue weighted by Crippen LogP contribution is 2.24. The first-order valence-electron chi connectivity index (χ1n) is 18.5. The summed E-state index contributed by atoms with van der Waals surface area (Å²) in [5, 5.41) is 0. The number of rotatable bonds is 31. The van der Waals surface area contributed by atoms with Crippen molar-refractivity contribution in [2.75, 3.05) is 13.1 Å². The molecule has 0 aromatic rings. The number of unbranched alkanes of at least 4 members (excludes halogenated alkanes) is 25. The lowest BCUT2D eigenvalue weighted by Crippen LogP contribution is -2.39. The lowest BCUT2D eigenvalue weighted by Gasteiger charge is -2.33. The Kier molecular flexibility index (Phi) is 26.9. The molecule has 0 fully saturated rings. The van der Waals surface area contributed by atoms with Crippen LogP contribution < -0.4 is 0 Å². The van der Waals surface area contributed by atoms with Crippen LogP contribution in [0.4, 0.5) is 0 Å². The van der Waals surface area contributed by atoms with E-state index >= 15 is 0 Å². The Morgan fingerprint density at radius 1 is 0.333 bits per heavy atom. The summed E-state index contributed by atoms with van der Waals surface area (Å²) >= 11 is 0. The fourth-order valence-electron chi connectivity index (χ4n) is 6.36. The monoisotopic (exact) mass is 547 g/mol. The van der Waals surface area contributed by atoms with Gasteiger partial charge in [-0.2, -0.15) is 0 Å². The van der Waals surface area contributed by atoms with Gasteiger partial charge < -0.3 is 9.80 Å². The Morgan fingerprint density at radius 3 is 0.897 bits per heavy atom. The molecule has 0 bridgehead atoms. The van der Waals surface area contributed by atoms with Gasteiger partial charge in [-0.25, -0.2) is 0 Å². The van der Waals surface area contributed by atoms with Gasteiger partial charge in [0.1, 0.15) is 6.17 Å². The van der Waals surface area contributed by atoms with Crippen molar-refractivity contribution in [2.45, 2.75) is 213 Å². The quantitative estimate of drug-likeness (QED) is 0.0798. The molecule has 0 saturated carbocycles. The molecule has 0 aromatic carbocycles. The second-order valence-electron chi connectivity index (χ2n) is 12.9. The highest BCUT2D eigenvalue weighted by atomic mass is 15.4. The minimum Gasteiger partial charge on any atom is -0.356 e. The predicted molar refractivity (Wildman–Crippen MR) is 177 cm³/mol. The molecular weight excluding hydrogens is 472 g/mol. The summed E-state index contributed by atoms with van der Waals surface area (Å²) < 4.78 is 0. The standard InChI is InChI=1S/C37H74N2/c1-4-7-10-13-15-17-18-19-20-21-22-23-25-28-31-34-39-36-35-38(37(39)32-29-26-12-9-6-3)33-30-27-24-16-14-11-8-5-2/h35-37H,4-34H2,1-3H3. The first-order valence-corrected chi connectivity index (χ1v) is 18.5. The molecule has 0 N–H and O–H groups in total. The molecule has 1 aliphatic heterocycles. The molecule has 1 rings (SSSR count). The van der Waals surface area contributed by atoms with E-state index in [1.54, 1.807) is 0 Å². The molecule has 0 radical (unpaired) electrons. The maximum atomic E-state index is 2.70. The largest absolute Gasteiger partial charge is 0.356 e. The average molecular weight is 547 g/mol. The van der Waals surface area contributed by atoms with Crippen molar-refractivity contribution in [1.82, 2.24) is 9.80 Å². The molecule has 1 aliphatic rings. The first kappa shape index (κ1) is 36.4. The molecule has 39 heavy (non-hydrogen) atoms. The summed E-state index contributed by atoms with van der Waals surface area (Å²) in [7, 11) is 0. The van der Waals surface area contributed by atoms with Crippen LogP contribution in [0.25, 0.3) is 0 Å². The molecule has 2 heteroatoms.